The van der Waals surface area contributed by atoms with Crippen LogP contribution in [0.5, 0.6) is 0 Å². The van der Waals surface area contributed by atoms with Crippen LogP contribution in [-0.4, -0.2) is 28.1 Å². The first kappa shape index (κ1) is 23.8. The average molecular weight is 419 g/mol. The Kier molecular flexibility index (Phi) is 9.75. The molecule has 30 heavy (non-hydrogen) atoms. The van der Waals surface area contributed by atoms with Gasteiger partial charge in [-0.1, -0.05) is 91.5 Å². The molecule has 0 bridgehead atoms. The second kappa shape index (κ2) is 12.3. The van der Waals surface area contributed by atoms with Crippen LogP contribution < -0.4 is 10.4 Å². The molecule has 2 rings (SSSR count). The van der Waals surface area contributed by atoms with E-state index in [2.05, 4.69) is 80.9 Å². The smallest absolute Gasteiger partial charge is 0.281 e. The topological polar surface area (TPSA) is 18.5 Å². The highest BCUT2D eigenvalue weighted by Gasteiger charge is 2.40. The lowest BCUT2D eigenvalue weighted by Crippen LogP contribution is -2.61. The molecule has 0 aliphatic rings. The molecule has 0 aliphatic heterocycles. The fourth-order valence-corrected chi connectivity index (χ4v) is 7.55. The van der Waals surface area contributed by atoms with Gasteiger partial charge in [-0.25, -0.2) is 0 Å². The summed E-state index contributed by atoms with van der Waals surface area (Å²) >= 11 is 0. The number of ether oxygens (including phenoxy) is 1. The van der Waals surface area contributed by atoms with E-state index in [1.165, 1.54) is 15.9 Å². The van der Waals surface area contributed by atoms with Crippen molar-refractivity contribution in [3.05, 3.63) is 110 Å². The summed E-state index contributed by atoms with van der Waals surface area (Å²) in [7, 11) is -1.02. The first-order valence-electron chi connectivity index (χ1n) is 10.4. The molecule has 0 saturated carbocycles. The molecular formula is C27H34O2Si. The number of methoxy groups -OCH3 is 1. The Morgan fingerprint density at radius 3 is 1.80 bits per heavy atom. The fraction of sp³-hybridized carbons (Fsp3) is 0.259. The monoisotopic (exact) mass is 418 g/mol. The van der Waals surface area contributed by atoms with Gasteiger partial charge in [0.1, 0.15) is 0 Å². The summed E-state index contributed by atoms with van der Waals surface area (Å²) < 4.78 is 12.7. The number of rotatable bonds is 13. The average Bonchev–Trinajstić information content (AvgIpc) is 2.79. The molecule has 0 aliphatic carbocycles. The Bertz CT molecular complexity index is 777. The van der Waals surface area contributed by atoms with E-state index in [0.717, 1.165) is 12.8 Å². The third kappa shape index (κ3) is 6.02. The van der Waals surface area contributed by atoms with E-state index in [9.17, 15) is 0 Å². The highest BCUT2D eigenvalue weighted by molar-refractivity contribution is 7.01. The van der Waals surface area contributed by atoms with E-state index in [0.29, 0.717) is 6.61 Å². The van der Waals surface area contributed by atoms with Crippen molar-refractivity contribution in [1.82, 2.24) is 0 Å². The van der Waals surface area contributed by atoms with Crippen LogP contribution in [0.25, 0.3) is 0 Å². The predicted octanol–water partition coefficient (Wildman–Crippen LogP) is 5.22. The minimum Gasteiger partial charge on any atom is -0.401 e. The maximum atomic E-state index is 7.09. The number of allylic oxidation sites excluding steroid dienone is 1. The summed E-state index contributed by atoms with van der Waals surface area (Å²) in [6.45, 7) is 14.6. The van der Waals surface area contributed by atoms with Crippen molar-refractivity contribution in [1.29, 1.82) is 0 Å². The molecule has 0 N–H and O–H groups in total. The molecule has 2 aromatic rings. The lowest BCUT2D eigenvalue weighted by Gasteiger charge is -2.35. The molecule has 158 valence electrons. The van der Waals surface area contributed by atoms with E-state index in [1.54, 1.807) is 7.11 Å². The minimum atomic E-state index is -2.75. The van der Waals surface area contributed by atoms with Gasteiger partial charge in [0.2, 0.25) is 0 Å². The predicted molar refractivity (Wildman–Crippen MR) is 132 cm³/mol. The third-order valence-corrected chi connectivity index (χ3v) is 9.12. The molecule has 2 aromatic carbocycles. The maximum absolute atomic E-state index is 7.09. The second-order valence-electron chi connectivity index (χ2n) is 7.43. The third-order valence-electron chi connectivity index (χ3n) is 5.26. The highest BCUT2D eigenvalue weighted by Crippen LogP contribution is 2.22. The van der Waals surface area contributed by atoms with Crippen molar-refractivity contribution in [2.45, 2.75) is 25.9 Å². The molecule has 2 nitrogen and oxygen atoms in total. The van der Waals surface area contributed by atoms with E-state index in [-0.39, 0.29) is 12.0 Å². The van der Waals surface area contributed by atoms with Crippen LogP contribution in [0.3, 0.4) is 0 Å². The Balaban J connectivity index is 2.78. The summed E-state index contributed by atoms with van der Waals surface area (Å²) in [5.74, 6) is 0.185. The SMILES string of the molecule is C=CCC(CC=C)O[Si](/C=C(\COC)C(C)C=C)(c1ccccc1)c1ccccc1. The van der Waals surface area contributed by atoms with Crippen LogP contribution in [0.1, 0.15) is 19.8 Å². The van der Waals surface area contributed by atoms with Crippen molar-refractivity contribution in [3.63, 3.8) is 0 Å². The zero-order chi connectivity index (χ0) is 21.8. The van der Waals surface area contributed by atoms with Gasteiger partial charge in [-0.3, -0.25) is 0 Å². The molecule has 0 saturated heterocycles. The largest absolute Gasteiger partial charge is 0.401 e. The molecule has 0 heterocycles. The quantitative estimate of drug-likeness (QED) is 0.328. The highest BCUT2D eigenvalue weighted by atomic mass is 28.4. The fourth-order valence-electron chi connectivity index (χ4n) is 3.59. The molecule has 1 atom stereocenters. The lowest BCUT2D eigenvalue weighted by molar-refractivity contribution is 0.206. The Hall–Kier alpha value is -2.46. The number of benzene rings is 2. The van der Waals surface area contributed by atoms with E-state index in [1.807, 2.05) is 30.4 Å². The number of hydrogen-bond donors (Lipinski definition) is 0. The first-order valence-corrected chi connectivity index (χ1v) is 12.4. The Labute approximate surface area is 183 Å². The van der Waals surface area contributed by atoms with E-state index >= 15 is 0 Å². The van der Waals surface area contributed by atoms with Gasteiger partial charge in [-0.2, -0.15) is 0 Å². The van der Waals surface area contributed by atoms with Gasteiger partial charge >= 0.3 is 0 Å². The van der Waals surface area contributed by atoms with Gasteiger partial charge in [0.05, 0.1) is 12.7 Å². The van der Waals surface area contributed by atoms with Crippen LogP contribution in [0.4, 0.5) is 0 Å². The molecule has 0 fully saturated rings. The second-order valence-corrected chi connectivity index (χ2v) is 10.6. The van der Waals surface area contributed by atoms with Crippen molar-refractivity contribution < 1.29 is 9.16 Å². The lowest BCUT2D eigenvalue weighted by atomic mass is 10.0. The minimum absolute atomic E-state index is 0.00570. The summed E-state index contributed by atoms with van der Waals surface area (Å²) in [4.78, 5) is 0. The van der Waals surface area contributed by atoms with E-state index < -0.39 is 8.32 Å². The standard InChI is InChI=1S/C27H34O2Si/c1-6-15-25(16-7-2)29-30(26-17-11-9-12-18-26,27-19-13-10-14-20-27)22-24(21-28-5)23(4)8-3/h6-14,17-20,22-23,25H,1-3,15-16,21H2,4-5H3/b24-22+. The summed E-state index contributed by atoms with van der Waals surface area (Å²) in [5.41, 5.74) is 3.54. The van der Waals surface area contributed by atoms with Gasteiger partial charge in [-0.05, 0) is 34.7 Å². The summed E-state index contributed by atoms with van der Waals surface area (Å²) in [5, 5.41) is 2.42. The van der Waals surface area contributed by atoms with Gasteiger partial charge in [0.25, 0.3) is 8.32 Å². The van der Waals surface area contributed by atoms with Crippen LogP contribution in [0.2, 0.25) is 0 Å². The van der Waals surface area contributed by atoms with Gasteiger partial charge in [-0.15, -0.1) is 19.7 Å². The summed E-state index contributed by atoms with van der Waals surface area (Å²) in [6, 6.07) is 21.1. The summed E-state index contributed by atoms with van der Waals surface area (Å²) in [6.07, 6.45) is 7.36. The molecule has 0 amide bonds. The first-order chi connectivity index (χ1) is 14.6. The van der Waals surface area contributed by atoms with Crippen LogP contribution >= 0.6 is 0 Å². The van der Waals surface area contributed by atoms with Crippen molar-refractivity contribution in [3.8, 4) is 0 Å². The van der Waals surface area contributed by atoms with Crippen molar-refractivity contribution >= 4 is 18.7 Å². The van der Waals surface area contributed by atoms with Crippen molar-refractivity contribution in [2.75, 3.05) is 13.7 Å². The van der Waals surface area contributed by atoms with Gasteiger partial charge in [0, 0.05) is 7.11 Å². The van der Waals surface area contributed by atoms with Crippen LogP contribution in [0.15, 0.2) is 110 Å². The maximum Gasteiger partial charge on any atom is 0.281 e. The molecule has 0 aromatic heterocycles. The van der Waals surface area contributed by atoms with E-state index in [4.69, 9.17) is 9.16 Å². The zero-order valence-corrected chi connectivity index (χ0v) is 19.3. The van der Waals surface area contributed by atoms with Gasteiger partial charge < -0.3 is 9.16 Å². The van der Waals surface area contributed by atoms with Gasteiger partial charge in [0.15, 0.2) is 0 Å². The number of hydrogen-bond acceptors (Lipinski definition) is 2. The van der Waals surface area contributed by atoms with Crippen molar-refractivity contribution in [2.24, 2.45) is 5.92 Å². The molecule has 3 heteroatoms. The Morgan fingerprint density at radius 1 is 0.900 bits per heavy atom. The molecule has 0 spiro atoms. The normalized spacial score (nSPS) is 13.1. The van der Waals surface area contributed by atoms with Crippen LogP contribution in [-0.2, 0) is 9.16 Å². The zero-order valence-electron chi connectivity index (χ0n) is 18.3. The van der Waals surface area contributed by atoms with Crippen LogP contribution in [0, 0.1) is 5.92 Å². The molecule has 1 unspecified atom stereocenters. The Morgan fingerprint density at radius 2 is 1.40 bits per heavy atom. The molecule has 0 radical (unpaired) electrons. The molecular weight excluding hydrogens is 384 g/mol.